The van der Waals surface area contributed by atoms with Crippen molar-refractivity contribution >= 4 is 0 Å². The second kappa shape index (κ2) is 6.45. The van der Waals surface area contributed by atoms with Gasteiger partial charge >= 0.3 is 6.18 Å². The summed E-state index contributed by atoms with van der Waals surface area (Å²) in [5.74, 6) is -1.15. The minimum Gasteiger partial charge on any atom is -0.311 e. The maximum Gasteiger partial charge on any atom is 0.393 e. The highest BCUT2D eigenvalue weighted by Crippen LogP contribution is 2.38. The standard InChI is InChI=1S/C16H29F3N2/c1-15(2,3)21-10-8-12(9-11-21)20-14-7-5-4-6-13(14)16(17,18)19/h12-14,20H,4-11H2,1-3H3. The Hall–Kier alpha value is -0.290. The van der Waals surface area contributed by atoms with Crippen LogP contribution in [0, 0.1) is 5.92 Å². The van der Waals surface area contributed by atoms with E-state index in [4.69, 9.17) is 0 Å². The van der Waals surface area contributed by atoms with Crippen LogP contribution in [-0.4, -0.2) is 41.8 Å². The van der Waals surface area contributed by atoms with Crippen LogP contribution in [0.5, 0.6) is 0 Å². The molecule has 2 fully saturated rings. The first kappa shape index (κ1) is 17.1. The highest BCUT2D eigenvalue weighted by atomic mass is 19.4. The smallest absolute Gasteiger partial charge is 0.311 e. The lowest BCUT2D eigenvalue weighted by atomic mass is 9.83. The fraction of sp³-hybridized carbons (Fsp3) is 1.00. The monoisotopic (exact) mass is 306 g/mol. The van der Waals surface area contributed by atoms with Gasteiger partial charge in [0.2, 0.25) is 0 Å². The van der Waals surface area contributed by atoms with Crippen LogP contribution in [0.2, 0.25) is 0 Å². The molecule has 21 heavy (non-hydrogen) atoms. The zero-order chi connectivity index (χ0) is 15.7. The normalized spacial score (nSPS) is 30.6. The molecule has 1 N–H and O–H groups in total. The van der Waals surface area contributed by atoms with Crippen LogP contribution < -0.4 is 5.32 Å². The van der Waals surface area contributed by atoms with Crippen molar-refractivity contribution in [2.45, 2.75) is 83.1 Å². The Balaban J connectivity index is 1.87. The number of halogens is 3. The first-order chi connectivity index (χ1) is 9.68. The zero-order valence-electron chi connectivity index (χ0n) is 13.5. The SMILES string of the molecule is CC(C)(C)N1CCC(NC2CCCCC2C(F)(F)F)CC1. The molecule has 0 radical (unpaired) electrons. The van der Waals surface area contributed by atoms with Crippen molar-refractivity contribution in [2.75, 3.05) is 13.1 Å². The molecular formula is C16H29F3N2. The van der Waals surface area contributed by atoms with Crippen molar-refractivity contribution in [1.82, 2.24) is 10.2 Å². The molecule has 2 nitrogen and oxygen atoms in total. The Kier molecular flexibility index (Phi) is 5.24. The molecule has 5 heteroatoms. The zero-order valence-corrected chi connectivity index (χ0v) is 13.5. The number of hydrogen-bond donors (Lipinski definition) is 1. The first-order valence-electron chi connectivity index (χ1n) is 8.26. The summed E-state index contributed by atoms with van der Waals surface area (Å²) in [6, 6.07) is -0.124. The van der Waals surface area contributed by atoms with E-state index in [0.717, 1.165) is 32.4 Å². The molecule has 0 aromatic rings. The van der Waals surface area contributed by atoms with E-state index in [1.165, 1.54) is 0 Å². The lowest BCUT2D eigenvalue weighted by Crippen LogP contribution is -2.54. The number of piperidine rings is 1. The summed E-state index contributed by atoms with van der Waals surface area (Å²) in [7, 11) is 0. The van der Waals surface area contributed by atoms with Gasteiger partial charge in [0.15, 0.2) is 0 Å². The van der Waals surface area contributed by atoms with Gasteiger partial charge in [-0.25, -0.2) is 0 Å². The van der Waals surface area contributed by atoms with Gasteiger partial charge in [0.05, 0.1) is 5.92 Å². The van der Waals surface area contributed by atoms with Gasteiger partial charge in [-0.3, -0.25) is 4.90 Å². The summed E-state index contributed by atoms with van der Waals surface area (Å²) in [6.07, 6.45) is 0.461. The molecule has 1 saturated carbocycles. The number of rotatable bonds is 2. The third-order valence-corrected chi connectivity index (χ3v) is 5.08. The number of nitrogens with one attached hydrogen (secondary N) is 1. The molecule has 124 valence electrons. The summed E-state index contributed by atoms with van der Waals surface area (Å²) < 4.78 is 39.3. The Bertz CT molecular complexity index is 327. The third-order valence-electron chi connectivity index (χ3n) is 5.08. The van der Waals surface area contributed by atoms with E-state index in [-0.39, 0.29) is 17.6 Å². The van der Waals surface area contributed by atoms with E-state index >= 15 is 0 Å². The summed E-state index contributed by atoms with van der Waals surface area (Å²) in [6.45, 7) is 8.54. The van der Waals surface area contributed by atoms with Crippen molar-refractivity contribution < 1.29 is 13.2 Å². The van der Waals surface area contributed by atoms with Crippen molar-refractivity contribution in [3.05, 3.63) is 0 Å². The van der Waals surface area contributed by atoms with Gasteiger partial charge in [-0.1, -0.05) is 12.8 Å². The average Bonchev–Trinajstić information content (AvgIpc) is 2.37. The molecule has 2 aliphatic rings. The van der Waals surface area contributed by atoms with Crippen LogP contribution in [0.15, 0.2) is 0 Å². The molecule has 0 bridgehead atoms. The summed E-state index contributed by atoms with van der Waals surface area (Å²) in [5.41, 5.74) is 0.157. The lowest BCUT2D eigenvalue weighted by Gasteiger charge is -2.43. The fourth-order valence-electron chi connectivity index (χ4n) is 3.74. The summed E-state index contributed by atoms with van der Waals surface area (Å²) >= 11 is 0. The lowest BCUT2D eigenvalue weighted by molar-refractivity contribution is -0.189. The number of alkyl halides is 3. The minimum atomic E-state index is -4.05. The van der Waals surface area contributed by atoms with Crippen molar-refractivity contribution in [3.63, 3.8) is 0 Å². The Morgan fingerprint density at radius 3 is 2.00 bits per heavy atom. The summed E-state index contributed by atoms with van der Waals surface area (Å²) in [4.78, 5) is 2.42. The highest BCUT2D eigenvalue weighted by molar-refractivity contribution is 4.90. The molecule has 0 spiro atoms. The van der Waals surface area contributed by atoms with Gasteiger partial charge in [-0.05, 0) is 46.5 Å². The van der Waals surface area contributed by atoms with E-state index in [2.05, 4.69) is 31.0 Å². The van der Waals surface area contributed by atoms with Crippen LogP contribution in [0.1, 0.15) is 59.3 Å². The van der Waals surface area contributed by atoms with Gasteiger partial charge in [-0.2, -0.15) is 13.2 Å². The van der Waals surface area contributed by atoms with Gasteiger partial charge in [-0.15, -0.1) is 0 Å². The molecule has 1 aliphatic heterocycles. The Morgan fingerprint density at radius 1 is 0.905 bits per heavy atom. The minimum absolute atomic E-state index is 0.157. The van der Waals surface area contributed by atoms with Crippen molar-refractivity contribution in [3.8, 4) is 0 Å². The third kappa shape index (κ3) is 4.59. The van der Waals surface area contributed by atoms with E-state index in [1.807, 2.05) is 0 Å². The van der Waals surface area contributed by atoms with Crippen LogP contribution in [-0.2, 0) is 0 Å². The quantitative estimate of drug-likeness (QED) is 0.831. The average molecular weight is 306 g/mol. The van der Waals surface area contributed by atoms with Crippen molar-refractivity contribution in [2.24, 2.45) is 5.92 Å². The van der Waals surface area contributed by atoms with Gasteiger partial charge < -0.3 is 5.32 Å². The van der Waals surface area contributed by atoms with E-state index in [9.17, 15) is 13.2 Å². The van der Waals surface area contributed by atoms with Crippen LogP contribution >= 0.6 is 0 Å². The molecule has 0 aromatic heterocycles. The maximum absolute atomic E-state index is 13.1. The predicted molar refractivity (Wildman–Crippen MR) is 79.3 cm³/mol. The molecule has 2 unspecified atom stereocenters. The van der Waals surface area contributed by atoms with E-state index < -0.39 is 12.1 Å². The number of hydrogen-bond acceptors (Lipinski definition) is 2. The molecule has 1 saturated heterocycles. The Morgan fingerprint density at radius 2 is 1.48 bits per heavy atom. The largest absolute Gasteiger partial charge is 0.393 e. The second-order valence-corrected chi connectivity index (χ2v) is 7.64. The molecule has 2 rings (SSSR count). The summed E-state index contributed by atoms with van der Waals surface area (Å²) in [5, 5.41) is 3.34. The molecule has 0 aromatic carbocycles. The first-order valence-corrected chi connectivity index (χ1v) is 8.26. The Labute approximate surface area is 126 Å². The molecule has 0 amide bonds. The van der Waals surface area contributed by atoms with Gasteiger partial charge in [0.25, 0.3) is 0 Å². The topological polar surface area (TPSA) is 15.3 Å². The number of likely N-dealkylation sites (tertiary alicyclic amines) is 1. The van der Waals surface area contributed by atoms with Gasteiger partial charge in [0, 0.05) is 30.7 Å². The van der Waals surface area contributed by atoms with Crippen LogP contribution in [0.3, 0.4) is 0 Å². The number of nitrogens with zero attached hydrogens (tertiary/aromatic N) is 1. The molecular weight excluding hydrogens is 277 g/mol. The van der Waals surface area contributed by atoms with Crippen molar-refractivity contribution in [1.29, 1.82) is 0 Å². The van der Waals surface area contributed by atoms with Gasteiger partial charge in [0.1, 0.15) is 0 Å². The maximum atomic E-state index is 13.1. The molecule has 2 atom stereocenters. The molecule has 1 heterocycles. The molecule has 1 aliphatic carbocycles. The van der Waals surface area contributed by atoms with E-state index in [1.54, 1.807) is 0 Å². The highest BCUT2D eigenvalue weighted by Gasteiger charge is 2.46. The fourth-order valence-corrected chi connectivity index (χ4v) is 3.74. The van der Waals surface area contributed by atoms with Crippen LogP contribution in [0.4, 0.5) is 13.2 Å². The second-order valence-electron chi connectivity index (χ2n) is 7.64. The van der Waals surface area contributed by atoms with E-state index in [0.29, 0.717) is 19.3 Å². The predicted octanol–water partition coefficient (Wildman–Crippen LogP) is 3.96. The van der Waals surface area contributed by atoms with Crippen LogP contribution in [0.25, 0.3) is 0 Å².